The Morgan fingerprint density at radius 3 is 1.45 bits per heavy atom. The molecule has 0 aliphatic carbocycles. The van der Waals surface area contributed by atoms with Crippen LogP contribution in [-0.2, 0) is 26.9 Å². The molecule has 0 aromatic carbocycles. The van der Waals surface area contributed by atoms with Gasteiger partial charge >= 0.3 is 147 Å². The Morgan fingerprint density at radius 2 is 1.09 bits per heavy atom. The van der Waals surface area contributed by atoms with E-state index in [4.69, 9.17) is 9.30 Å². The maximum absolute atomic E-state index is 11.7. The van der Waals surface area contributed by atoms with Gasteiger partial charge in [-0.15, -0.1) is 0 Å². The van der Waals surface area contributed by atoms with E-state index in [1.54, 1.807) is 0 Å². The molecule has 0 atom stereocenters. The number of amides is 2. The first-order valence-electron chi connectivity index (χ1n) is 8.72. The van der Waals surface area contributed by atoms with E-state index in [1.807, 2.05) is 0 Å². The zero-order valence-corrected chi connectivity index (χ0v) is 16.5. The van der Waals surface area contributed by atoms with E-state index in [2.05, 4.69) is 21.4 Å². The van der Waals surface area contributed by atoms with E-state index < -0.39 is 17.3 Å². The summed E-state index contributed by atoms with van der Waals surface area (Å²) >= 11 is -2.45. The third-order valence-electron chi connectivity index (χ3n) is 3.51. The minimum atomic E-state index is -2.45. The van der Waals surface area contributed by atoms with Crippen LogP contribution in [0.15, 0.2) is 0 Å². The Labute approximate surface area is 146 Å². The molecule has 0 saturated heterocycles. The Hall–Kier alpha value is -0.0557. The summed E-state index contributed by atoms with van der Waals surface area (Å²) in [5.74, 6) is -0.0468. The Morgan fingerprint density at radius 1 is 0.727 bits per heavy atom. The number of unbranched alkanes of at least 4 members (excludes halogenated alkanes) is 8. The van der Waals surface area contributed by atoms with E-state index in [-0.39, 0.29) is 11.8 Å². The van der Waals surface area contributed by atoms with Crippen molar-refractivity contribution < 1.29 is 26.9 Å². The van der Waals surface area contributed by atoms with Crippen LogP contribution < -0.4 is 7.60 Å². The second kappa shape index (κ2) is 15.8. The van der Waals surface area contributed by atoms with Gasteiger partial charge in [-0.1, -0.05) is 0 Å². The molecule has 0 fully saturated rings. The molecule has 129 valence electrons. The van der Waals surface area contributed by atoms with Gasteiger partial charge in [-0.25, -0.2) is 0 Å². The third kappa shape index (κ3) is 14.9. The average molecular weight is 368 g/mol. The molecule has 2 N–H and O–H groups in total. The normalized spacial score (nSPS) is 10.3. The van der Waals surface area contributed by atoms with E-state index in [9.17, 15) is 9.59 Å². The molecule has 4 nitrogen and oxygen atoms in total. The van der Waals surface area contributed by atoms with Crippen molar-refractivity contribution in [1.29, 1.82) is 0 Å². The standard InChI is InChI=1S/2C8H17NO.ClH.Ti/c2*1-2-3-4-5-6-7-8(9)10;;/h2*2-7H2,1H3,(H2,9,10);1H;/q;;;+3/p-3. The maximum atomic E-state index is 11.7. The van der Waals surface area contributed by atoms with Gasteiger partial charge in [0, 0.05) is 0 Å². The number of carbonyl (C=O) groups is 2. The molecule has 0 aromatic rings. The van der Waals surface area contributed by atoms with Crippen molar-refractivity contribution in [2.24, 2.45) is 0 Å². The van der Waals surface area contributed by atoms with Gasteiger partial charge in [-0.05, 0) is 0 Å². The number of hydrogen-bond donors (Lipinski definition) is 2. The van der Waals surface area contributed by atoms with Crippen LogP contribution in [0, 0.1) is 0 Å². The fourth-order valence-corrected chi connectivity index (χ4v) is 4.30. The molecule has 0 unspecified atom stereocenters. The monoisotopic (exact) mass is 367 g/mol. The molecule has 0 radical (unpaired) electrons. The Balaban J connectivity index is 3.58. The fraction of sp³-hybridized carbons (Fsp3) is 0.875. The fourth-order valence-electron chi connectivity index (χ4n) is 2.18. The van der Waals surface area contributed by atoms with Crippen molar-refractivity contribution in [2.75, 3.05) is 0 Å². The number of carbonyl (C=O) groups excluding carboxylic acids is 2. The Kier molecular flexibility index (Phi) is 15.8. The van der Waals surface area contributed by atoms with Crippen LogP contribution >= 0.6 is 9.30 Å². The van der Waals surface area contributed by atoms with Gasteiger partial charge in [0.2, 0.25) is 0 Å². The second-order valence-electron chi connectivity index (χ2n) is 5.74. The molecule has 0 aliphatic rings. The predicted octanol–water partition coefficient (Wildman–Crippen LogP) is 4.54. The van der Waals surface area contributed by atoms with Crippen LogP contribution in [0.2, 0.25) is 0 Å². The molecule has 22 heavy (non-hydrogen) atoms. The first-order chi connectivity index (χ1) is 10.6. The summed E-state index contributed by atoms with van der Waals surface area (Å²) in [6.45, 7) is 4.34. The molecule has 0 bridgehead atoms. The summed E-state index contributed by atoms with van der Waals surface area (Å²) in [7, 11) is 6.10. The first kappa shape index (κ1) is 21.9. The number of hydrogen-bond acceptors (Lipinski definition) is 2. The summed E-state index contributed by atoms with van der Waals surface area (Å²) < 4.78 is 5.55. The summed E-state index contributed by atoms with van der Waals surface area (Å²) in [6, 6.07) is 0. The molecular formula is C16H32ClN2O2Ti. The molecule has 0 spiro atoms. The number of nitrogens with one attached hydrogen (secondary N) is 2. The molecule has 6 heteroatoms. The van der Waals surface area contributed by atoms with Crippen LogP contribution in [0.25, 0.3) is 0 Å². The van der Waals surface area contributed by atoms with Crippen molar-refractivity contribution in [3.05, 3.63) is 0 Å². The van der Waals surface area contributed by atoms with Crippen molar-refractivity contribution in [3.8, 4) is 0 Å². The summed E-state index contributed by atoms with van der Waals surface area (Å²) in [4.78, 5) is 23.4. The second-order valence-corrected chi connectivity index (χ2v) is 9.06. The van der Waals surface area contributed by atoms with Crippen LogP contribution in [0.5, 0.6) is 0 Å². The molecule has 0 aliphatic heterocycles. The van der Waals surface area contributed by atoms with Crippen molar-refractivity contribution in [1.82, 2.24) is 7.60 Å². The molecule has 0 saturated carbocycles. The van der Waals surface area contributed by atoms with Gasteiger partial charge in [-0.3, -0.25) is 0 Å². The van der Waals surface area contributed by atoms with E-state index in [0.717, 1.165) is 25.7 Å². The molecule has 2 amide bonds. The van der Waals surface area contributed by atoms with E-state index in [0.29, 0.717) is 12.8 Å². The van der Waals surface area contributed by atoms with Crippen molar-refractivity contribution >= 4 is 21.1 Å². The predicted molar refractivity (Wildman–Crippen MR) is 88.9 cm³/mol. The van der Waals surface area contributed by atoms with Crippen LogP contribution in [0.1, 0.15) is 90.9 Å². The van der Waals surface area contributed by atoms with E-state index in [1.165, 1.54) is 38.5 Å². The van der Waals surface area contributed by atoms with Gasteiger partial charge in [0.25, 0.3) is 0 Å². The van der Waals surface area contributed by atoms with Gasteiger partial charge < -0.3 is 0 Å². The third-order valence-corrected chi connectivity index (χ3v) is 5.85. The quantitative estimate of drug-likeness (QED) is 0.350. The summed E-state index contributed by atoms with van der Waals surface area (Å²) in [6.07, 6.45) is 12.2. The molecule has 0 heterocycles. The van der Waals surface area contributed by atoms with Crippen LogP contribution in [0.4, 0.5) is 0 Å². The minimum absolute atomic E-state index is 0.0234. The van der Waals surface area contributed by atoms with Gasteiger partial charge in [-0.2, -0.15) is 0 Å². The van der Waals surface area contributed by atoms with Gasteiger partial charge in [0.15, 0.2) is 0 Å². The average Bonchev–Trinajstić information content (AvgIpc) is 2.46. The van der Waals surface area contributed by atoms with Gasteiger partial charge in [0.05, 0.1) is 0 Å². The zero-order chi connectivity index (χ0) is 16.6. The first-order valence-corrected chi connectivity index (χ1v) is 12.4. The number of rotatable bonds is 14. The SMILES string of the molecule is CCCCCCCC(=O)[NH][Ti]([Cl])[NH]C(=O)CCCCCCC. The Bertz CT molecular complexity index is 276. The zero-order valence-electron chi connectivity index (χ0n) is 14.2. The summed E-state index contributed by atoms with van der Waals surface area (Å²) in [5.41, 5.74) is 0. The van der Waals surface area contributed by atoms with Crippen LogP contribution in [0.3, 0.4) is 0 Å². The topological polar surface area (TPSA) is 58.2 Å². The van der Waals surface area contributed by atoms with E-state index >= 15 is 0 Å². The summed E-state index contributed by atoms with van der Waals surface area (Å²) in [5, 5.41) is 0. The number of halogens is 1. The molecule has 0 aromatic heterocycles. The van der Waals surface area contributed by atoms with Crippen molar-refractivity contribution in [3.63, 3.8) is 0 Å². The van der Waals surface area contributed by atoms with Crippen LogP contribution in [-0.4, -0.2) is 11.8 Å². The van der Waals surface area contributed by atoms with Gasteiger partial charge in [0.1, 0.15) is 0 Å². The molecule has 0 rings (SSSR count). The van der Waals surface area contributed by atoms with Crippen molar-refractivity contribution in [2.45, 2.75) is 90.9 Å². The molecular weight excluding hydrogens is 336 g/mol.